The highest BCUT2D eigenvalue weighted by Crippen LogP contribution is 2.31. The van der Waals surface area contributed by atoms with Gasteiger partial charge in [-0.15, -0.1) is 11.6 Å². The third kappa shape index (κ3) is 2.38. The van der Waals surface area contributed by atoms with Gasteiger partial charge < -0.3 is 9.88 Å². The van der Waals surface area contributed by atoms with Gasteiger partial charge >= 0.3 is 0 Å². The fraction of sp³-hybridized carbons (Fsp3) is 0.235. The molecule has 0 aliphatic rings. The number of aryl methyl sites for hydroxylation is 1. The maximum atomic E-state index is 11.7. The van der Waals surface area contributed by atoms with Gasteiger partial charge in [-0.05, 0) is 38.1 Å². The van der Waals surface area contributed by atoms with Crippen LogP contribution in [0, 0.1) is 0 Å². The van der Waals surface area contributed by atoms with Crippen LogP contribution < -0.4 is 5.32 Å². The normalized spacial score (nSPS) is 12.7. The number of nitrogens with one attached hydrogen (secondary N) is 1. The van der Waals surface area contributed by atoms with Crippen molar-refractivity contribution in [2.24, 2.45) is 0 Å². The van der Waals surface area contributed by atoms with Crippen LogP contribution in [0.5, 0.6) is 0 Å². The highest BCUT2D eigenvalue weighted by molar-refractivity contribution is 6.32. The first kappa shape index (κ1) is 14.0. The van der Waals surface area contributed by atoms with Crippen LogP contribution >= 0.6 is 11.6 Å². The van der Waals surface area contributed by atoms with Crippen LogP contribution in [0.1, 0.15) is 13.8 Å². The second-order valence-corrected chi connectivity index (χ2v) is 5.75. The van der Waals surface area contributed by atoms with Gasteiger partial charge in [0.15, 0.2) is 0 Å². The summed E-state index contributed by atoms with van der Waals surface area (Å²) in [5.41, 5.74) is 3.17. The van der Waals surface area contributed by atoms with Gasteiger partial charge in [0.2, 0.25) is 5.91 Å². The van der Waals surface area contributed by atoms with E-state index in [0.29, 0.717) is 0 Å². The molecule has 0 unspecified atom stereocenters. The Hall–Kier alpha value is -2.00. The second kappa shape index (κ2) is 5.41. The molecule has 1 atom stereocenters. The Morgan fingerprint density at radius 1 is 1.19 bits per heavy atom. The Kier molecular flexibility index (Phi) is 3.60. The first-order valence-electron chi connectivity index (χ1n) is 7.07. The molecule has 1 amide bonds. The average Bonchev–Trinajstić information content (AvgIpc) is 2.80. The molecule has 0 spiro atoms. The number of hydrogen-bond acceptors (Lipinski definition) is 1. The quantitative estimate of drug-likeness (QED) is 0.716. The number of alkyl halides is 1. The number of aromatic nitrogens is 1. The fourth-order valence-corrected chi connectivity index (χ4v) is 2.77. The van der Waals surface area contributed by atoms with Crippen molar-refractivity contribution in [3.63, 3.8) is 0 Å². The summed E-state index contributed by atoms with van der Waals surface area (Å²) in [4.78, 5) is 11.7. The molecule has 0 fully saturated rings. The minimum absolute atomic E-state index is 0.185. The summed E-state index contributed by atoms with van der Waals surface area (Å²) in [6.07, 6.45) is 0. The zero-order chi connectivity index (χ0) is 15.0. The van der Waals surface area contributed by atoms with Crippen molar-refractivity contribution in [2.75, 3.05) is 5.32 Å². The Balaban J connectivity index is 2.17. The zero-order valence-corrected chi connectivity index (χ0v) is 12.8. The lowest BCUT2D eigenvalue weighted by Gasteiger charge is -2.07. The lowest BCUT2D eigenvalue weighted by Crippen LogP contribution is -2.20. The predicted molar refractivity (Wildman–Crippen MR) is 89.1 cm³/mol. The summed E-state index contributed by atoms with van der Waals surface area (Å²) >= 11 is 5.80. The van der Waals surface area contributed by atoms with E-state index in [9.17, 15) is 4.79 Å². The number of para-hydroxylation sites is 1. The monoisotopic (exact) mass is 300 g/mol. The van der Waals surface area contributed by atoms with Crippen molar-refractivity contribution >= 4 is 45.0 Å². The number of rotatable bonds is 3. The lowest BCUT2D eigenvalue weighted by molar-refractivity contribution is -0.115. The smallest absolute Gasteiger partial charge is 0.242 e. The largest absolute Gasteiger partial charge is 0.341 e. The van der Waals surface area contributed by atoms with Gasteiger partial charge in [0.1, 0.15) is 5.38 Å². The minimum atomic E-state index is -0.544. The molecule has 3 nitrogen and oxygen atoms in total. The van der Waals surface area contributed by atoms with Gasteiger partial charge in [-0.2, -0.15) is 0 Å². The summed E-state index contributed by atoms with van der Waals surface area (Å²) in [7, 11) is 0. The lowest BCUT2D eigenvalue weighted by atomic mass is 10.1. The number of halogens is 1. The van der Waals surface area contributed by atoms with E-state index in [1.165, 1.54) is 16.4 Å². The van der Waals surface area contributed by atoms with Crippen molar-refractivity contribution in [1.29, 1.82) is 0 Å². The molecular formula is C17H17ClN2O. The summed E-state index contributed by atoms with van der Waals surface area (Å²) in [5.74, 6) is -0.185. The van der Waals surface area contributed by atoms with Gasteiger partial charge in [-0.25, -0.2) is 0 Å². The molecule has 4 heteroatoms. The number of hydrogen-bond donors (Lipinski definition) is 1. The minimum Gasteiger partial charge on any atom is -0.341 e. The molecule has 0 aliphatic carbocycles. The van der Waals surface area contributed by atoms with Gasteiger partial charge in [0, 0.05) is 34.0 Å². The first-order chi connectivity index (χ1) is 10.1. The number of fused-ring (bicyclic) bond motifs is 3. The van der Waals surface area contributed by atoms with E-state index >= 15 is 0 Å². The van der Waals surface area contributed by atoms with Gasteiger partial charge in [-0.1, -0.05) is 18.2 Å². The Labute approximate surface area is 128 Å². The third-order valence-corrected chi connectivity index (χ3v) is 3.92. The van der Waals surface area contributed by atoms with Crippen molar-refractivity contribution in [1.82, 2.24) is 4.57 Å². The number of anilines is 1. The molecule has 108 valence electrons. The number of benzene rings is 2. The molecule has 0 bridgehead atoms. The SMILES string of the molecule is CCn1c2ccccc2c2cc(NC(=O)[C@H](C)Cl)ccc21. The molecule has 1 heterocycles. The van der Waals surface area contributed by atoms with Crippen LogP contribution in [0.25, 0.3) is 21.8 Å². The number of amides is 1. The average molecular weight is 301 g/mol. The predicted octanol–water partition coefficient (Wildman–Crippen LogP) is 4.38. The van der Waals surface area contributed by atoms with E-state index in [2.05, 4.69) is 28.9 Å². The van der Waals surface area contributed by atoms with Gasteiger partial charge in [0.05, 0.1) is 0 Å². The van der Waals surface area contributed by atoms with E-state index in [4.69, 9.17) is 11.6 Å². The molecule has 3 rings (SSSR count). The van der Waals surface area contributed by atoms with Crippen molar-refractivity contribution in [3.8, 4) is 0 Å². The molecular weight excluding hydrogens is 284 g/mol. The third-order valence-electron chi connectivity index (χ3n) is 3.72. The highest BCUT2D eigenvalue weighted by Gasteiger charge is 2.12. The zero-order valence-electron chi connectivity index (χ0n) is 12.1. The standard InChI is InChI=1S/C17H17ClN2O/c1-3-20-15-7-5-4-6-13(15)14-10-12(8-9-16(14)20)19-17(21)11(2)18/h4-11H,3H2,1-2H3,(H,19,21)/t11-/m0/s1. The molecule has 21 heavy (non-hydrogen) atoms. The topological polar surface area (TPSA) is 34.0 Å². The van der Waals surface area contributed by atoms with E-state index in [-0.39, 0.29) is 5.91 Å². The highest BCUT2D eigenvalue weighted by atomic mass is 35.5. The molecule has 0 saturated heterocycles. The van der Waals surface area contributed by atoms with Crippen molar-refractivity contribution in [2.45, 2.75) is 25.8 Å². The molecule has 3 aromatic rings. The van der Waals surface area contributed by atoms with Crippen LogP contribution in [-0.4, -0.2) is 15.9 Å². The van der Waals surface area contributed by atoms with Crippen LogP contribution in [-0.2, 0) is 11.3 Å². The van der Waals surface area contributed by atoms with E-state index in [1.807, 2.05) is 30.3 Å². The maximum absolute atomic E-state index is 11.7. The fourth-order valence-electron chi connectivity index (χ4n) is 2.71. The molecule has 0 saturated carbocycles. The first-order valence-corrected chi connectivity index (χ1v) is 7.51. The number of carbonyl (C=O) groups is 1. The molecule has 1 N–H and O–H groups in total. The maximum Gasteiger partial charge on any atom is 0.242 e. The van der Waals surface area contributed by atoms with Crippen LogP contribution in [0.15, 0.2) is 42.5 Å². The van der Waals surface area contributed by atoms with Gasteiger partial charge in [0.25, 0.3) is 0 Å². The summed E-state index contributed by atoms with van der Waals surface area (Å²) in [5, 5.41) is 4.65. The molecule has 1 aromatic heterocycles. The number of nitrogens with zero attached hydrogens (tertiary/aromatic N) is 1. The van der Waals surface area contributed by atoms with E-state index in [0.717, 1.165) is 17.6 Å². The van der Waals surface area contributed by atoms with Crippen LogP contribution in [0.3, 0.4) is 0 Å². The number of carbonyl (C=O) groups excluding carboxylic acids is 1. The Bertz CT molecular complexity index is 820. The van der Waals surface area contributed by atoms with Crippen LogP contribution in [0.4, 0.5) is 5.69 Å². The van der Waals surface area contributed by atoms with Crippen molar-refractivity contribution in [3.05, 3.63) is 42.5 Å². The Morgan fingerprint density at radius 2 is 1.90 bits per heavy atom. The summed E-state index contributed by atoms with van der Waals surface area (Å²) in [6.45, 7) is 4.71. The van der Waals surface area contributed by atoms with Crippen LogP contribution in [0.2, 0.25) is 0 Å². The molecule has 2 aromatic carbocycles. The summed E-state index contributed by atoms with van der Waals surface area (Å²) in [6, 6.07) is 14.3. The molecule has 0 aliphatic heterocycles. The van der Waals surface area contributed by atoms with Gasteiger partial charge in [-0.3, -0.25) is 4.79 Å². The summed E-state index contributed by atoms with van der Waals surface area (Å²) < 4.78 is 2.28. The molecule has 0 radical (unpaired) electrons. The van der Waals surface area contributed by atoms with E-state index < -0.39 is 5.38 Å². The van der Waals surface area contributed by atoms with E-state index in [1.54, 1.807) is 6.92 Å². The van der Waals surface area contributed by atoms with Crippen molar-refractivity contribution < 1.29 is 4.79 Å². The Morgan fingerprint density at radius 3 is 2.62 bits per heavy atom. The second-order valence-electron chi connectivity index (χ2n) is 5.10.